The summed E-state index contributed by atoms with van der Waals surface area (Å²) in [7, 11) is 0. The van der Waals surface area contributed by atoms with E-state index in [0.717, 1.165) is 58.2 Å². The van der Waals surface area contributed by atoms with Gasteiger partial charge in [0.05, 0.1) is 20.4 Å². The van der Waals surface area contributed by atoms with Gasteiger partial charge in [0, 0.05) is 59.9 Å². The quantitative estimate of drug-likeness (QED) is 0.0356. The van der Waals surface area contributed by atoms with Crippen molar-refractivity contribution in [3.8, 4) is 40.4 Å². The first-order valence-electron chi connectivity index (χ1n) is 36.9. The molecule has 0 aliphatic heterocycles. The lowest BCUT2D eigenvalue weighted by atomic mass is 10.0. The van der Waals surface area contributed by atoms with Gasteiger partial charge in [-0.05, 0) is 193 Å². The molecule has 0 saturated heterocycles. The average Bonchev–Trinajstić information content (AvgIpc) is 1.63. The van der Waals surface area contributed by atoms with Gasteiger partial charge in [-0.25, -0.2) is 0 Å². The minimum absolute atomic E-state index is 0.876. The van der Waals surface area contributed by atoms with Gasteiger partial charge in [0.2, 0.25) is 0 Å². The summed E-state index contributed by atoms with van der Waals surface area (Å²) < 4.78 is 12.1. The Labute approximate surface area is 621 Å². The Hall–Kier alpha value is -4.78. The third-order valence-corrected chi connectivity index (χ3v) is 26.8. The zero-order valence-corrected chi connectivity index (χ0v) is 65.8. The maximum absolute atomic E-state index is 6.55. The van der Waals surface area contributed by atoms with Crippen LogP contribution >= 0.6 is 103 Å². The van der Waals surface area contributed by atoms with Gasteiger partial charge in [-0.1, -0.05) is 265 Å². The number of benzene rings is 3. The zero-order valence-electron chi connectivity index (χ0n) is 58.6. The number of unbranched alkanes of at least 4 members (excludes halogenated alkanes) is 18. The molecular weight excluding hydrogens is 1360 g/mol. The van der Waals surface area contributed by atoms with Crippen molar-refractivity contribution in [3.63, 3.8) is 0 Å². The molecule has 0 amide bonds. The minimum atomic E-state index is 0.876. The molecule has 7 heterocycles. The van der Waals surface area contributed by atoms with E-state index >= 15 is 0 Å². The number of fused-ring (bicyclic) bond motifs is 1. The Morgan fingerprint density at radius 1 is 0.278 bits per heavy atom. The van der Waals surface area contributed by atoms with Crippen LogP contribution in [0.2, 0.25) is 8.67 Å². The number of aryl methyl sites for hydroxylation is 6. The lowest BCUT2D eigenvalue weighted by molar-refractivity contribution is 0.667. The SMILES string of the molecule is CCCCCCc1cc(Cl)sc1/C=C/c1ccc(/C=C/c2sc(-c3sc(-c4ccc(-c5cc(CCCCCC)c(-c6cc(CCCCCC)c(/C=C/c7ccc(/C=C/c8sc(Cl)cc8CCCCCC)cc7)s6)s5)c5nsnc45)cc3CCCCCC)cc2CCCCCC)cc1. The third-order valence-electron chi connectivity index (χ3n) is 18.7. The smallest absolute Gasteiger partial charge is 0.114 e. The van der Waals surface area contributed by atoms with Gasteiger partial charge < -0.3 is 0 Å². The Balaban J connectivity index is 0.922. The van der Waals surface area contributed by atoms with E-state index in [2.05, 4.69) is 187 Å². The molecule has 0 saturated carbocycles. The van der Waals surface area contributed by atoms with E-state index in [1.54, 1.807) is 22.7 Å². The van der Waals surface area contributed by atoms with Crippen molar-refractivity contribution >= 4 is 163 Å². The summed E-state index contributed by atoms with van der Waals surface area (Å²) in [6, 6.07) is 37.3. The van der Waals surface area contributed by atoms with Gasteiger partial charge in [0.1, 0.15) is 11.0 Å². The highest BCUT2D eigenvalue weighted by Crippen LogP contribution is 2.49. The Morgan fingerprint density at radius 2 is 0.546 bits per heavy atom. The van der Waals surface area contributed by atoms with E-state index in [4.69, 9.17) is 31.9 Å². The molecule has 7 aromatic heterocycles. The average molecular weight is 1460 g/mol. The van der Waals surface area contributed by atoms with Crippen molar-refractivity contribution < 1.29 is 0 Å². The van der Waals surface area contributed by atoms with Crippen LogP contribution in [0, 0.1) is 0 Å². The van der Waals surface area contributed by atoms with E-state index in [0.29, 0.717) is 0 Å². The van der Waals surface area contributed by atoms with Crippen LogP contribution < -0.4 is 0 Å². The van der Waals surface area contributed by atoms with Gasteiger partial charge in [-0.2, -0.15) is 8.75 Å². The van der Waals surface area contributed by atoms with Crippen molar-refractivity contribution in [2.24, 2.45) is 0 Å². The van der Waals surface area contributed by atoms with Gasteiger partial charge in [-0.15, -0.1) is 68.0 Å². The molecule has 3 aromatic carbocycles. The molecule has 0 aliphatic rings. The fourth-order valence-electron chi connectivity index (χ4n) is 13.0. The largest absolute Gasteiger partial charge is 0.172 e. The molecule has 0 radical (unpaired) electrons. The number of hydrogen-bond acceptors (Lipinski definition) is 9. The summed E-state index contributed by atoms with van der Waals surface area (Å²) in [5.74, 6) is 0. The second-order valence-electron chi connectivity index (χ2n) is 26.5. The number of halogens is 2. The van der Waals surface area contributed by atoms with Crippen molar-refractivity contribution in [2.45, 2.75) is 234 Å². The highest BCUT2D eigenvalue weighted by molar-refractivity contribution is 7.25. The molecule has 512 valence electrons. The number of hydrogen-bond donors (Lipinski definition) is 0. The summed E-state index contributed by atoms with van der Waals surface area (Å²) >= 11 is 25.7. The van der Waals surface area contributed by atoms with Crippen molar-refractivity contribution in [3.05, 3.63) is 181 Å². The second kappa shape index (κ2) is 40.0. The summed E-state index contributed by atoms with van der Waals surface area (Å²) in [4.78, 5) is 13.5. The molecule has 0 spiro atoms. The van der Waals surface area contributed by atoms with Crippen molar-refractivity contribution in [1.29, 1.82) is 0 Å². The highest BCUT2D eigenvalue weighted by Gasteiger charge is 2.23. The van der Waals surface area contributed by atoms with E-state index in [1.165, 1.54) is 281 Å². The topological polar surface area (TPSA) is 25.8 Å². The summed E-state index contributed by atoms with van der Waals surface area (Å²) in [6.45, 7) is 13.8. The van der Waals surface area contributed by atoms with Gasteiger partial charge in [0.15, 0.2) is 0 Å². The summed E-state index contributed by atoms with van der Waals surface area (Å²) in [5.41, 5.74) is 17.9. The molecule has 11 heteroatoms. The van der Waals surface area contributed by atoms with Crippen molar-refractivity contribution in [1.82, 2.24) is 8.75 Å². The van der Waals surface area contributed by atoms with Crippen LogP contribution in [0.4, 0.5) is 0 Å². The van der Waals surface area contributed by atoms with Crippen LogP contribution in [-0.4, -0.2) is 8.75 Å². The van der Waals surface area contributed by atoms with Crippen LogP contribution in [-0.2, 0) is 38.5 Å². The van der Waals surface area contributed by atoms with Crippen molar-refractivity contribution in [2.75, 3.05) is 0 Å². The number of rotatable bonds is 42. The van der Waals surface area contributed by atoms with Gasteiger partial charge in [-0.3, -0.25) is 0 Å². The molecular formula is C86H102Cl2N2S7. The first kappa shape index (κ1) is 74.9. The molecule has 10 aromatic rings. The monoisotopic (exact) mass is 1460 g/mol. The van der Waals surface area contributed by atoms with E-state index in [-0.39, 0.29) is 0 Å². The standard InChI is InChI=1S/C86H102Cl2N2S7/c1-7-13-19-25-31-65-55-79(91-73(65)51-45-61-37-41-63(42-38-61)47-53-75-67(59-81(87)93-75)33-27-21-15-9-3)85-69(35-29-23-17-11-5)57-77(95-85)71-49-50-72(84-83(71)89-97-90-84)78-58-70(36-30-24-18-12-6)86(96-78)80-56-66(32-26-20-14-8-2)74(92-80)52-46-62-39-43-64(44-40-62)48-54-76-68(60-82(88)94-76)34-28-22-16-10-4/h37-60H,7-36H2,1-6H3/b51-45+,52-46+,53-47+,54-48+. The number of aromatic nitrogens is 2. The molecule has 0 atom stereocenters. The minimum Gasteiger partial charge on any atom is -0.172 e. The fourth-order valence-corrected chi connectivity index (χ4v) is 21.0. The highest BCUT2D eigenvalue weighted by atomic mass is 35.5. The molecule has 97 heavy (non-hydrogen) atoms. The van der Waals surface area contributed by atoms with E-state index < -0.39 is 0 Å². The normalized spacial score (nSPS) is 12.2. The third kappa shape index (κ3) is 21.9. The van der Waals surface area contributed by atoms with Crippen LogP contribution in [0.25, 0.3) is 100 Å². The Bertz CT molecular complexity index is 3860. The van der Waals surface area contributed by atoms with E-state index in [9.17, 15) is 0 Å². The predicted molar refractivity (Wildman–Crippen MR) is 445 cm³/mol. The zero-order chi connectivity index (χ0) is 67.6. The fraction of sp³-hybridized carbons (Fsp3) is 0.419. The van der Waals surface area contributed by atoms with Gasteiger partial charge >= 0.3 is 0 Å². The lowest BCUT2D eigenvalue weighted by Crippen LogP contribution is -1.87. The summed E-state index contributed by atoms with van der Waals surface area (Å²) in [6.07, 6.45) is 55.0. The predicted octanol–water partition coefficient (Wildman–Crippen LogP) is 31.5. The first-order valence-corrected chi connectivity index (χ1v) is 43.3. The second-order valence-corrected chi connectivity index (χ2v) is 34.7. The molecule has 10 rings (SSSR count). The van der Waals surface area contributed by atoms with Crippen LogP contribution in [0.5, 0.6) is 0 Å². The maximum Gasteiger partial charge on any atom is 0.114 e. The summed E-state index contributed by atoms with van der Waals surface area (Å²) in [5, 5.41) is 0. The van der Waals surface area contributed by atoms with Crippen LogP contribution in [0.15, 0.2) is 97.1 Å². The molecule has 2 nitrogen and oxygen atoms in total. The van der Waals surface area contributed by atoms with Gasteiger partial charge in [0.25, 0.3) is 0 Å². The maximum atomic E-state index is 6.55. The Kier molecular flexibility index (Phi) is 30.9. The molecule has 0 bridgehead atoms. The lowest BCUT2D eigenvalue weighted by Gasteiger charge is -2.03. The molecule has 0 aliphatic carbocycles. The van der Waals surface area contributed by atoms with Crippen LogP contribution in [0.3, 0.4) is 0 Å². The Morgan fingerprint density at radius 3 is 0.845 bits per heavy atom. The first-order chi connectivity index (χ1) is 47.6. The van der Waals surface area contributed by atoms with Crippen LogP contribution in [0.1, 0.15) is 271 Å². The molecule has 0 unspecified atom stereocenters. The number of thiophene rings is 6. The number of nitrogens with zero attached hydrogens (tertiary/aromatic N) is 2. The van der Waals surface area contributed by atoms with E-state index in [1.807, 2.05) is 45.3 Å². The molecule has 0 fully saturated rings. The molecule has 0 N–H and O–H groups in total.